The topological polar surface area (TPSA) is 119 Å². The Morgan fingerprint density at radius 1 is 1.24 bits per heavy atom. The summed E-state index contributed by atoms with van der Waals surface area (Å²) in [6.45, 7) is 3.79. The third-order valence-electron chi connectivity index (χ3n) is 5.35. The number of nitrogen functional groups attached to an aromatic ring is 1. The molecular formula is C19H21N9O. The minimum Gasteiger partial charge on any atom is -0.382 e. The average Bonchev–Trinajstić information content (AvgIpc) is 3.13. The van der Waals surface area contributed by atoms with Gasteiger partial charge in [-0.1, -0.05) is 0 Å². The Hall–Kier alpha value is -3.53. The second kappa shape index (κ2) is 6.24. The van der Waals surface area contributed by atoms with Gasteiger partial charge in [-0.3, -0.25) is 0 Å². The zero-order chi connectivity index (χ0) is 20.2. The lowest BCUT2D eigenvalue weighted by Crippen LogP contribution is -2.61. The number of anilines is 3. The number of aromatic nitrogens is 6. The molecule has 148 valence electrons. The Labute approximate surface area is 166 Å². The van der Waals surface area contributed by atoms with E-state index in [0.717, 1.165) is 35.4 Å². The minimum atomic E-state index is -0.0942. The second-order valence-electron chi connectivity index (χ2n) is 7.44. The van der Waals surface area contributed by atoms with Crippen molar-refractivity contribution in [1.82, 2.24) is 29.8 Å². The fourth-order valence-electron chi connectivity index (χ4n) is 3.65. The van der Waals surface area contributed by atoms with Gasteiger partial charge < -0.3 is 20.7 Å². The number of fused-ring (bicyclic) bond motifs is 2. The van der Waals surface area contributed by atoms with E-state index in [4.69, 9.17) is 10.5 Å². The van der Waals surface area contributed by atoms with E-state index in [1.165, 1.54) is 0 Å². The van der Waals surface area contributed by atoms with Crippen molar-refractivity contribution < 1.29 is 4.74 Å². The maximum Gasteiger partial charge on any atom is 0.184 e. The minimum absolute atomic E-state index is 0.0942. The number of nitrogens with one attached hydrogen (secondary N) is 1. The number of nitrogens with two attached hydrogens (primary N) is 1. The molecule has 1 saturated heterocycles. The second-order valence-corrected chi connectivity index (χ2v) is 7.44. The molecule has 1 aliphatic heterocycles. The van der Waals surface area contributed by atoms with Crippen LogP contribution >= 0.6 is 0 Å². The van der Waals surface area contributed by atoms with E-state index in [9.17, 15) is 0 Å². The number of nitrogens with zero attached hydrogens (tertiary/aromatic N) is 7. The highest BCUT2D eigenvalue weighted by Crippen LogP contribution is 2.31. The molecule has 0 amide bonds. The molecule has 5 heterocycles. The van der Waals surface area contributed by atoms with Gasteiger partial charge in [0.05, 0.1) is 17.5 Å². The molecule has 0 atom stereocenters. The number of methoxy groups -OCH3 is 1. The zero-order valence-electron chi connectivity index (χ0n) is 16.4. The van der Waals surface area contributed by atoms with Crippen LogP contribution in [0.25, 0.3) is 27.9 Å². The van der Waals surface area contributed by atoms with Gasteiger partial charge in [0.25, 0.3) is 0 Å². The SMILES string of the molecule is CNc1ncc(-c2nc3ccc(N4CC(C)(OC)C4)cn3n2)c2cc(N)nnc12. The number of hydrogen-bond donors (Lipinski definition) is 2. The number of rotatable bonds is 4. The molecule has 1 fully saturated rings. The van der Waals surface area contributed by atoms with Gasteiger partial charge in [-0.05, 0) is 25.1 Å². The highest BCUT2D eigenvalue weighted by Gasteiger charge is 2.39. The highest BCUT2D eigenvalue weighted by molar-refractivity contribution is 5.98. The van der Waals surface area contributed by atoms with E-state index in [2.05, 4.69) is 42.4 Å². The fraction of sp³-hybridized carbons (Fsp3) is 0.316. The molecule has 0 unspecified atom stereocenters. The van der Waals surface area contributed by atoms with Gasteiger partial charge >= 0.3 is 0 Å². The van der Waals surface area contributed by atoms with Crippen LogP contribution in [0.1, 0.15) is 6.92 Å². The first kappa shape index (κ1) is 17.6. The van der Waals surface area contributed by atoms with Gasteiger partial charge in [-0.2, -0.15) is 0 Å². The molecular weight excluding hydrogens is 370 g/mol. The molecule has 10 heteroatoms. The van der Waals surface area contributed by atoms with Gasteiger partial charge in [0, 0.05) is 44.4 Å². The van der Waals surface area contributed by atoms with Gasteiger partial charge in [-0.25, -0.2) is 14.5 Å². The van der Waals surface area contributed by atoms with Crippen molar-refractivity contribution >= 4 is 33.9 Å². The van der Waals surface area contributed by atoms with Crippen LogP contribution in [-0.2, 0) is 4.74 Å². The molecule has 10 nitrogen and oxygen atoms in total. The summed E-state index contributed by atoms with van der Waals surface area (Å²) in [6.07, 6.45) is 3.71. The third kappa shape index (κ3) is 2.80. The number of ether oxygens (including phenoxy) is 1. The van der Waals surface area contributed by atoms with E-state index >= 15 is 0 Å². The molecule has 0 bridgehead atoms. The van der Waals surface area contributed by atoms with E-state index in [0.29, 0.717) is 23.0 Å². The Bertz CT molecular complexity index is 1230. The summed E-state index contributed by atoms with van der Waals surface area (Å²) in [5, 5.41) is 16.6. The summed E-state index contributed by atoms with van der Waals surface area (Å²) in [4.78, 5) is 11.3. The van der Waals surface area contributed by atoms with Crippen LogP contribution in [0.15, 0.2) is 30.6 Å². The van der Waals surface area contributed by atoms with E-state index in [1.807, 2.05) is 18.3 Å². The van der Waals surface area contributed by atoms with Crippen molar-refractivity contribution in [2.75, 3.05) is 43.2 Å². The van der Waals surface area contributed by atoms with Gasteiger partial charge in [0.1, 0.15) is 11.3 Å². The molecule has 4 aromatic heterocycles. The summed E-state index contributed by atoms with van der Waals surface area (Å²) in [6, 6.07) is 5.77. The Morgan fingerprint density at radius 3 is 2.83 bits per heavy atom. The van der Waals surface area contributed by atoms with Crippen LogP contribution in [0.5, 0.6) is 0 Å². The largest absolute Gasteiger partial charge is 0.382 e. The first-order valence-corrected chi connectivity index (χ1v) is 9.26. The quantitative estimate of drug-likeness (QED) is 0.534. The number of hydrogen-bond acceptors (Lipinski definition) is 9. The molecule has 0 saturated carbocycles. The van der Waals surface area contributed by atoms with Crippen LogP contribution in [0.4, 0.5) is 17.3 Å². The van der Waals surface area contributed by atoms with Crippen LogP contribution in [0.2, 0.25) is 0 Å². The monoisotopic (exact) mass is 391 g/mol. The fourth-order valence-corrected chi connectivity index (χ4v) is 3.65. The van der Waals surface area contributed by atoms with Gasteiger partial charge in [0.15, 0.2) is 17.3 Å². The molecule has 0 radical (unpaired) electrons. The summed E-state index contributed by atoms with van der Waals surface area (Å²) in [7, 11) is 3.54. The molecule has 4 aromatic rings. The molecule has 0 aliphatic carbocycles. The molecule has 3 N–H and O–H groups in total. The number of pyridine rings is 2. The summed E-state index contributed by atoms with van der Waals surface area (Å²) in [5.41, 5.74) is 8.98. The van der Waals surface area contributed by atoms with Crippen LogP contribution in [0.3, 0.4) is 0 Å². The first-order chi connectivity index (χ1) is 14.0. The summed E-state index contributed by atoms with van der Waals surface area (Å²) < 4.78 is 7.32. The standard InChI is InChI=1S/C19H21N9O/c1-19(29-3)9-27(10-19)11-4-5-15-23-17(26-28(15)8-11)13-7-22-18(21-2)16-12(13)6-14(20)24-25-16/h4-8H,9-10H2,1-3H3,(H2,20,24)(H,21,22). The smallest absolute Gasteiger partial charge is 0.184 e. The Balaban J connectivity index is 1.57. The Morgan fingerprint density at radius 2 is 2.07 bits per heavy atom. The molecule has 29 heavy (non-hydrogen) atoms. The van der Waals surface area contributed by atoms with Gasteiger partial charge in [0.2, 0.25) is 0 Å². The summed E-state index contributed by atoms with van der Waals surface area (Å²) >= 11 is 0. The van der Waals surface area contributed by atoms with Crippen LogP contribution < -0.4 is 16.0 Å². The van der Waals surface area contributed by atoms with Crippen molar-refractivity contribution in [2.45, 2.75) is 12.5 Å². The highest BCUT2D eigenvalue weighted by atomic mass is 16.5. The third-order valence-corrected chi connectivity index (χ3v) is 5.35. The van der Waals surface area contributed by atoms with Crippen molar-refractivity contribution in [2.24, 2.45) is 0 Å². The van der Waals surface area contributed by atoms with Crippen molar-refractivity contribution in [3.63, 3.8) is 0 Å². The van der Waals surface area contributed by atoms with Gasteiger partial charge in [-0.15, -0.1) is 15.3 Å². The molecule has 1 aliphatic rings. The maximum atomic E-state index is 5.87. The van der Waals surface area contributed by atoms with E-state index in [1.54, 1.807) is 30.9 Å². The van der Waals surface area contributed by atoms with Crippen LogP contribution in [0, 0.1) is 0 Å². The Kier molecular flexibility index (Phi) is 3.78. The summed E-state index contributed by atoms with van der Waals surface area (Å²) in [5.74, 6) is 1.51. The lowest BCUT2D eigenvalue weighted by atomic mass is 9.96. The van der Waals surface area contributed by atoms with Crippen molar-refractivity contribution in [3.05, 3.63) is 30.6 Å². The lowest BCUT2D eigenvalue weighted by molar-refractivity contribution is -0.0168. The van der Waals surface area contributed by atoms with Crippen LogP contribution in [-0.4, -0.2) is 62.6 Å². The first-order valence-electron chi connectivity index (χ1n) is 9.26. The molecule has 0 aromatic carbocycles. The normalized spacial score (nSPS) is 15.6. The predicted molar refractivity (Wildman–Crippen MR) is 111 cm³/mol. The van der Waals surface area contributed by atoms with E-state index < -0.39 is 0 Å². The average molecular weight is 391 g/mol. The molecule has 5 rings (SSSR count). The maximum absolute atomic E-state index is 5.87. The van der Waals surface area contributed by atoms with Crippen molar-refractivity contribution in [1.29, 1.82) is 0 Å². The predicted octanol–water partition coefficient (Wildman–Crippen LogP) is 1.58. The van der Waals surface area contributed by atoms with Crippen molar-refractivity contribution in [3.8, 4) is 11.4 Å². The van der Waals surface area contributed by atoms with E-state index in [-0.39, 0.29) is 5.60 Å². The zero-order valence-corrected chi connectivity index (χ0v) is 16.4. The lowest BCUT2D eigenvalue weighted by Gasteiger charge is -2.48. The molecule has 0 spiro atoms.